The minimum atomic E-state index is -1.04. The lowest BCUT2D eigenvalue weighted by Crippen LogP contribution is -2.02. The van der Waals surface area contributed by atoms with Gasteiger partial charge in [-0.25, -0.2) is 8.78 Å². The zero-order valence-electron chi connectivity index (χ0n) is 6.33. The molecule has 1 rings (SSSR count). The molecule has 3 nitrogen and oxygen atoms in total. The van der Waals surface area contributed by atoms with E-state index in [4.69, 9.17) is 5.02 Å². The van der Waals surface area contributed by atoms with Gasteiger partial charge in [0, 0.05) is 12.1 Å². The summed E-state index contributed by atoms with van der Waals surface area (Å²) < 4.78 is 29.9. The van der Waals surface area contributed by atoms with Crippen LogP contribution in [0.3, 0.4) is 0 Å². The van der Waals surface area contributed by atoms with Crippen molar-refractivity contribution in [3.63, 3.8) is 0 Å². The number of halogens is 2. The number of aldehydes is 1. The monoisotopic (exact) mass is 185 g/mol. The van der Waals surface area contributed by atoms with Crippen LogP contribution in [0, 0.1) is 11.6 Å². The quantitative estimate of drug-likeness (QED) is 0.556. The Hall–Kier alpha value is -1.43. The van der Waals surface area contributed by atoms with Gasteiger partial charge in [0.15, 0.2) is 6.29 Å². The van der Waals surface area contributed by atoms with Crippen molar-refractivity contribution in [3.05, 3.63) is 29.3 Å². The molecule has 0 aliphatic carbocycles. The van der Waals surface area contributed by atoms with E-state index in [0.717, 1.165) is 12.1 Å². The first-order valence-electron chi connectivity index (χ1n) is 3.26. The molecule has 1 aromatic carbocycles. The van der Waals surface area contributed by atoms with Crippen LogP contribution in [0.4, 0.5) is 8.78 Å². The molecule has 67 valence electrons. The molecule has 0 heterocycles. The van der Waals surface area contributed by atoms with Gasteiger partial charge in [0.25, 0.3) is 0 Å². The van der Waals surface area contributed by atoms with Crippen LogP contribution in [-0.4, -0.2) is 19.0 Å². The van der Waals surface area contributed by atoms with Crippen molar-refractivity contribution in [3.8, 4) is 5.75 Å². The van der Waals surface area contributed by atoms with Gasteiger partial charge in [0.2, 0.25) is 0 Å². The molecule has 6 heteroatoms. The largest absolute Gasteiger partial charge is 0.569 e. The summed E-state index contributed by atoms with van der Waals surface area (Å²) in [7, 11) is 0.287. The summed E-state index contributed by atoms with van der Waals surface area (Å²) in [6.45, 7) is 0. The third kappa shape index (κ3) is 2.03. The molecule has 0 fully saturated rings. The van der Waals surface area contributed by atoms with Crippen LogP contribution in [0.1, 0.15) is 10.4 Å². The van der Waals surface area contributed by atoms with Crippen LogP contribution in [-0.2, 0) is 0 Å². The second kappa shape index (κ2) is 4.00. The summed E-state index contributed by atoms with van der Waals surface area (Å²) in [5, 5.41) is 8.17. The van der Waals surface area contributed by atoms with Gasteiger partial charge in [-0.3, -0.25) is 4.79 Å². The lowest BCUT2D eigenvalue weighted by atomic mass is 10.2. The van der Waals surface area contributed by atoms with Gasteiger partial charge in [-0.15, -0.1) is 0 Å². The third-order valence-corrected chi connectivity index (χ3v) is 1.36. The molecule has 0 bridgehead atoms. The summed E-state index contributed by atoms with van der Waals surface area (Å²) in [6.07, 6.45) is 0.0666. The van der Waals surface area contributed by atoms with Crippen molar-refractivity contribution < 1.29 is 23.3 Å². The van der Waals surface area contributed by atoms with E-state index in [-0.39, 0.29) is 19.7 Å². The van der Waals surface area contributed by atoms with Crippen molar-refractivity contribution >= 4 is 14.0 Å². The van der Waals surface area contributed by atoms with Gasteiger partial charge in [-0.05, 0) is 0 Å². The lowest BCUT2D eigenvalue weighted by molar-refractivity contribution is 0.111. The second-order valence-electron chi connectivity index (χ2n) is 2.14. The van der Waals surface area contributed by atoms with Crippen LogP contribution < -0.4 is 4.65 Å². The van der Waals surface area contributed by atoms with Crippen LogP contribution in [0.5, 0.6) is 5.75 Å². The van der Waals surface area contributed by atoms with Crippen molar-refractivity contribution in [1.82, 2.24) is 0 Å². The molecule has 0 saturated heterocycles. The highest BCUT2D eigenvalue weighted by Crippen LogP contribution is 2.18. The smallest absolute Gasteiger partial charge is 0.537 e. The summed E-state index contributed by atoms with van der Waals surface area (Å²) in [4.78, 5) is 10.1. The number of benzene rings is 1. The Kier molecular flexibility index (Phi) is 2.97. The van der Waals surface area contributed by atoms with E-state index in [1.165, 1.54) is 0 Å². The molecule has 0 aliphatic heterocycles. The van der Waals surface area contributed by atoms with Gasteiger partial charge in [0.05, 0.1) is 5.56 Å². The Morgan fingerprint density at radius 1 is 1.38 bits per heavy atom. The standard InChI is InChI=1S/C7H4BF2O3/c9-6-1-4(13-8-12)2-7(10)5(6)3-11/h1-3,12H. The average molecular weight is 185 g/mol. The molecule has 0 unspecified atom stereocenters. The Morgan fingerprint density at radius 2 is 1.92 bits per heavy atom. The maximum atomic E-state index is 12.8. The van der Waals surface area contributed by atoms with Crippen molar-refractivity contribution in [2.45, 2.75) is 0 Å². The first-order valence-corrected chi connectivity index (χ1v) is 3.26. The van der Waals surface area contributed by atoms with Gasteiger partial charge in [-0.1, -0.05) is 0 Å². The van der Waals surface area contributed by atoms with Crippen molar-refractivity contribution in [1.29, 1.82) is 0 Å². The SMILES string of the molecule is O=Cc1c(F)cc(O[B]O)cc1F. The Balaban J connectivity index is 3.12. The second-order valence-corrected chi connectivity index (χ2v) is 2.14. The number of hydrogen-bond donors (Lipinski definition) is 1. The molecule has 1 N–H and O–H groups in total. The van der Waals surface area contributed by atoms with Gasteiger partial charge in [0.1, 0.15) is 17.4 Å². The van der Waals surface area contributed by atoms with Crippen LogP contribution >= 0.6 is 0 Å². The number of hydrogen-bond acceptors (Lipinski definition) is 3. The molecule has 1 radical (unpaired) electrons. The molecule has 13 heavy (non-hydrogen) atoms. The van der Waals surface area contributed by atoms with Gasteiger partial charge in [-0.2, -0.15) is 0 Å². The zero-order chi connectivity index (χ0) is 9.84. The van der Waals surface area contributed by atoms with E-state index >= 15 is 0 Å². The van der Waals surface area contributed by atoms with Gasteiger partial charge >= 0.3 is 7.69 Å². The van der Waals surface area contributed by atoms with E-state index in [0.29, 0.717) is 0 Å². The zero-order valence-corrected chi connectivity index (χ0v) is 6.33. The average Bonchev–Trinajstić information content (AvgIpc) is 2.04. The fraction of sp³-hybridized carbons (Fsp3) is 0. The Morgan fingerprint density at radius 3 is 2.31 bits per heavy atom. The van der Waals surface area contributed by atoms with Crippen molar-refractivity contribution in [2.24, 2.45) is 0 Å². The maximum Gasteiger partial charge on any atom is 0.569 e. The van der Waals surface area contributed by atoms with Gasteiger partial charge < -0.3 is 9.68 Å². The summed E-state index contributed by atoms with van der Waals surface area (Å²) in [5.74, 6) is -2.29. The lowest BCUT2D eigenvalue weighted by Gasteiger charge is -2.03. The molecule has 0 aliphatic rings. The molecule has 0 aromatic heterocycles. The van der Waals surface area contributed by atoms with E-state index in [1.807, 2.05) is 0 Å². The third-order valence-electron chi connectivity index (χ3n) is 1.36. The van der Waals surface area contributed by atoms with Crippen LogP contribution in [0.25, 0.3) is 0 Å². The molecular formula is C7H4BF2O3. The molecule has 1 aromatic rings. The van der Waals surface area contributed by atoms with E-state index in [1.54, 1.807) is 0 Å². The number of carbonyl (C=O) groups excluding carboxylic acids is 1. The normalized spacial score (nSPS) is 9.46. The topological polar surface area (TPSA) is 46.5 Å². The Bertz CT molecular complexity index is 307. The fourth-order valence-electron chi connectivity index (χ4n) is 0.803. The highest BCUT2D eigenvalue weighted by atomic mass is 19.1. The highest BCUT2D eigenvalue weighted by molar-refractivity contribution is 6.17. The van der Waals surface area contributed by atoms with Crippen LogP contribution in [0.2, 0.25) is 0 Å². The molecule has 0 saturated carbocycles. The minimum Gasteiger partial charge on any atom is -0.537 e. The molecule has 0 spiro atoms. The predicted molar refractivity (Wildman–Crippen MR) is 40.3 cm³/mol. The maximum absolute atomic E-state index is 12.8. The minimum absolute atomic E-state index is 0.0666. The van der Waals surface area contributed by atoms with E-state index < -0.39 is 17.2 Å². The van der Waals surface area contributed by atoms with Crippen molar-refractivity contribution in [2.75, 3.05) is 0 Å². The summed E-state index contributed by atoms with van der Waals surface area (Å²) >= 11 is 0. The fourth-order valence-corrected chi connectivity index (χ4v) is 0.803. The van der Waals surface area contributed by atoms with Crippen LogP contribution in [0.15, 0.2) is 12.1 Å². The molecule has 0 atom stereocenters. The number of rotatable bonds is 3. The first kappa shape index (κ1) is 9.66. The summed E-state index contributed by atoms with van der Waals surface area (Å²) in [6, 6.07) is 1.58. The van der Waals surface area contributed by atoms with E-state index in [9.17, 15) is 13.6 Å². The highest BCUT2D eigenvalue weighted by Gasteiger charge is 2.10. The molecular weight excluding hydrogens is 181 g/mol. The number of carbonyl (C=O) groups is 1. The summed E-state index contributed by atoms with van der Waals surface area (Å²) in [5.41, 5.74) is -0.662. The van der Waals surface area contributed by atoms with E-state index in [2.05, 4.69) is 4.65 Å². The first-order chi connectivity index (χ1) is 6.19. The molecule has 0 amide bonds. The predicted octanol–water partition coefficient (Wildman–Crippen LogP) is 0.683. The Labute approximate surface area is 73.3 Å².